The highest BCUT2D eigenvalue weighted by Crippen LogP contribution is 2.29. The molecule has 0 aliphatic carbocycles. The Morgan fingerprint density at radius 2 is 1.25 bits per heavy atom. The molecule has 4 radical (unpaired) electrons. The fourth-order valence-electron chi connectivity index (χ4n) is 0.717. The van der Waals surface area contributed by atoms with Gasteiger partial charge in [-0.1, -0.05) is 0 Å². The average Bonchev–Trinajstić information content (AvgIpc) is 2.08. The summed E-state index contributed by atoms with van der Waals surface area (Å²) in [6.07, 6.45) is 0. The first-order valence-electron chi connectivity index (χ1n) is 2.94. The Bertz CT molecular complexity index is 235. The molecule has 0 heterocycles. The van der Waals surface area contributed by atoms with E-state index >= 15 is 0 Å². The molecule has 0 fully saturated rings. The molecule has 0 spiro atoms. The summed E-state index contributed by atoms with van der Waals surface area (Å²) in [5, 5.41) is 27.3. The third-order valence-electron chi connectivity index (χ3n) is 1.43. The lowest BCUT2D eigenvalue weighted by molar-refractivity contribution is 0.403. The molecule has 12 heavy (non-hydrogen) atoms. The Labute approximate surface area is 80.0 Å². The van der Waals surface area contributed by atoms with E-state index in [0.29, 0.717) is 0 Å². The van der Waals surface area contributed by atoms with Crippen molar-refractivity contribution in [3.05, 3.63) is 4.47 Å². The monoisotopic (exact) mass is 224 g/mol. The Balaban J connectivity index is 3.60. The maximum absolute atomic E-state index is 9.17. The van der Waals surface area contributed by atoms with Crippen molar-refractivity contribution in [2.45, 2.75) is 0 Å². The van der Waals surface area contributed by atoms with Gasteiger partial charge in [0.2, 0.25) is 0 Å². The lowest BCUT2D eigenvalue weighted by Crippen LogP contribution is -2.14. The lowest BCUT2D eigenvalue weighted by atomic mass is 9.86. The molecular weight excluding hydrogens is 222 g/mol. The van der Waals surface area contributed by atoms with Gasteiger partial charge in [-0.2, -0.15) is 0 Å². The Morgan fingerprint density at radius 1 is 0.833 bits per heavy atom. The van der Waals surface area contributed by atoms with Gasteiger partial charge in [-0.05, 0) is 26.9 Å². The highest BCUT2D eigenvalue weighted by Gasteiger charge is 2.14. The van der Waals surface area contributed by atoms with Crippen molar-refractivity contribution < 1.29 is 15.3 Å². The van der Waals surface area contributed by atoms with Gasteiger partial charge in [-0.25, -0.2) is 0 Å². The van der Waals surface area contributed by atoms with E-state index in [4.69, 9.17) is 31.0 Å². The second kappa shape index (κ2) is 2.94. The number of hydrogen-bond donors (Lipinski definition) is 3. The first-order valence-corrected chi connectivity index (χ1v) is 3.73. The maximum atomic E-state index is 9.17. The molecule has 3 N–H and O–H groups in total. The van der Waals surface area contributed by atoms with Gasteiger partial charge in [-0.3, -0.25) is 0 Å². The van der Waals surface area contributed by atoms with E-state index in [0.717, 1.165) is 0 Å². The van der Waals surface area contributed by atoms with Gasteiger partial charge in [0.1, 0.15) is 21.4 Å². The van der Waals surface area contributed by atoms with Gasteiger partial charge < -0.3 is 15.3 Å². The first kappa shape index (κ1) is 9.32. The fraction of sp³-hybridized carbons (Fsp3) is 0. The molecule has 6 heteroatoms. The van der Waals surface area contributed by atoms with Crippen LogP contribution in [0.4, 0.5) is 0 Å². The summed E-state index contributed by atoms with van der Waals surface area (Å²) < 4.78 is 0.0651. The van der Waals surface area contributed by atoms with Crippen molar-refractivity contribution >= 4 is 42.5 Å². The first-order chi connectivity index (χ1) is 5.46. The van der Waals surface area contributed by atoms with Crippen LogP contribution < -0.4 is 10.9 Å². The fourth-order valence-corrected chi connectivity index (χ4v) is 1.12. The van der Waals surface area contributed by atoms with Crippen LogP contribution in [0.25, 0.3) is 0 Å². The van der Waals surface area contributed by atoms with Gasteiger partial charge in [0.15, 0.2) is 11.5 Å². The minimum absolute atomic E-state index is 0.0651. The molecule has 58 valence electrons. The van der Waals surface area contributed by atoms with Crippen molar-refractivity contribution in [2.75, 3.05) is 0 Å². The molecule has 0 saturated carbocycles. The molecule has 0 aromatic heterocycles. The number of phenols is 3. The molecule has 0 atom stereocenters. The van der Waals surface area contributed by atoms with Crippen LogP contribution in [0.1, 0.15) is 0 Å². The molecule has 0 bridgehead atoms. The van der Waals surface area contributed by atoms with E-state index in [-0.39, 0.29) is 21.1 Å². The zero-order valence-electron chi connectivity index (χ0n) is 5.87. The zero-order chi connectivity index (χ0) is 9.46. The number of rotatable bonds is 0. The molecule has 0 unspecified atom stereocenters. The van der Waals surface area contributed by atoms with Crippen LogP contribution in [0.3, 0.4) is 0 Å². The van der Waals surface area contributed by atoms with Crippen LogP contribution in [-0.2, 0) is 0 Å². The summed E-state index contributed by atoms with van der Waals surface area (Å²) >= 11 is 2.89. The van der Waals surface area contributed by atoms with Gasteiger partial charge >= 0.3 is 0 Å². The predicted octanol–water partition coefficient (Wildman–Crippen LogP) is -0.847. The molecule has 0 saturated heterocycles. The molecule has 1 rings (SSSR count). The maximum Gasteiger partial charge on any atom is 0.153 e. The van der Waals surface area contributed by atoms with Crippen LogP contribution in [0.5, 0.6) is 17.2 Å². The Morgan fingerprint density at radius 3 is 1.75 bits per heavy atom. The number of hydrogen-bond acceptors (Lipinski definition) is 3. The lowest BCUT2D eigenvalue weighted by Gasteiger charge is -2.10. The standard InChI is InChI=1S/C6H3B2BrO3/c7-1-3(9)4(10)2(8)6(12)5(1)11/h10-12H. The summed E-state index contributed by atoms with van der Waals surface area (Å²) in [5.41, 5.74) is -0.465. The third kappa shape index (κ3) is 1.16. The van der Waals surface area contributed by atoms with Crippen LogP contribution in [0, 0.1) is 0 Å². The van der Waals surface area contributed by atoms with Gasteiger partial charge in [0.05, 0.1) is 4.47 Å². The van der Waals surface area contributed by atoms with Crippen molar-refractivity contribution in [1.29, 1.82) is 0 Å². The molecule has 1 aromatic carbocycles. The van der Waals surface area contributed by atoms with Gasteiger partial charge in [-0.15, -0.1) is 0 Å². The molecule has 0 amide bonds. The third-order valence-corrected chi connectivity index (χ3v) is 2.24. The van der Waals surface area contributed by atoms with Gasteiger partial charge in [0, 0.05) is 0 Å². The second-order valence-corrected chi connectivity index (χ2v) is 2.98. The highest BCUT2D eigenvalue weighted by atomic mass is 79.9. The van der Waals surface area contributed by atoms with Gasteiger partial charge in [0.25, 0.3) is 0 Å². The van der Waals surface area contributed by atoms with E-state index in [2.05, 4.69) is 15.9 Å². The highest BCUT2D eigenvalue weighted by molar-refractivity contribution is 9.10. The number of halogens is 1. The largest absolute Gasteiger partial charge is 0.507 e. The smallest absolute Gasteiger partial charge is 0.153 e. The van der Waals surface area contributed by atoms with E-state index < -0.39 is 11.5 Å². The normalized spacial score (nSPS) is 10.1. The van der Waals surface area contributed by atoms with E-state index in [9.17, 15) is 0 Å². The summed E-state index contributed by atoms with van der Waals surface area (Å²) in [6.45, 7) is 0. The minimum atomic E-state index is -0.617. The summed E-state index contributed by atoms with van der Waals surface area (Å²) in [7, 11) is 10.5. The quantitative estimate of drug-likeness (QED) is 0.306. The molecule has 0 aliphatic heterocycles. The molecule has 1 aromatic rings. The summed E-state index contributed by atoms with van der Waals surface area (Å²) in [5.74, 6) is -1.55. The number of benzene rings is 1. The summed E-state index contributed by atoms with van der Waals surface area (Å²) in [6, 6.07) is 0. The van der Waals surface area contributed by atoms with Crippen LogP contribution >= 0.6 is 15.9 Å². The van der Waals surface area contributed by atoms with Crippen molar-refractivity contribution in [2.24, 2.45) is 0 Å². The van der Waals surface area contributed by atoms with Crippen molar-refractivity contribution in [3.63, 3.8) is 0 Å². The van der Waals surface area contributed by atoms with E-state index in [1.165, 1.54) is 0 Å². The van der Waals surface area contributed by atoms with E-state index in [1.54, 1.807) is 0 Å². The Kier molecular flexibility index (Phi) is 2.28. The van der Waals surface area contributed by atoms with Crippen LogP contribution in [0.2, 0.25) is 0 Å². The van der Waals surface area contributed by atoms with Crippen molar-refractivity contribution in [1.82, 2.24) is 0 Å². The Hall–Kier alpha value is -0.770. The SMILES string of the molecule is [B]c1c(O)c(O)c([B])c(Br)c1O. The van der Waals surface area contributed by atoms with Crippen LogP contribution in [-0.4, -0.2) is 31.0 Å². The molecule has 0 aliphatic rings. The van der Waals surface area contributed by atoms with Crippen molar-refractivity contribution in [3.8, 4) is 17.2 Å². The number of aromatic hydroxyl groups is 3. The predicted molar refractivity (Wildman–Crippen MR) is 49.9 cm³/mol. The number of phenolic OH excluding ortho intramolecular Hbond substituents is 3. The van der Waals surface area contributed by atoms with Crippen LogP contribution in [0.15, 0.2) is 4.47 Å². The zero-order valence-corrected chi connectivity index (χ0v) is 7.46. The van der Waals surface area contributed by atoms with E-state index in [1.807, 2.05) is 0 Å². The molecular formula is C6H3B2BrO3. The molecule has 3 nitrogen and oxygen atoms in total. The average molecular weight is 225 g/mol. The topological polar surface area (TPSA) is 60.7 Å². The summed E-state index contributed by atoms with van der Waals surface area (Å²) in [4.78, 5) is 0. The second-order valence-electron chi connectivity index (χ2n) is 2.19. The minimum Gasteiger partial charge on any atom is -0.507 e.